The number of likely N-dealkylation sites (N-methyl/N-ethyl adjacent to an activating group) is 1. The fourth-order valence-corrected chi connectivity index (χ4v) is 3.46. The summed E-state index contributed by atoms with van der Waals surface area (Å²) in [4.78, 5) is 17.4. The number of hydrogen-bond acceptors (Lipinski definition) is 3. The number of hydrogen-bond donors (Lipinski definition) is 1. The van der Waals surface area contributed by atoms with Crippen molar-refractivity contribution < 1.29 is 4.79 Å². The molecule has 2 aromatic carbocycles. The lowest BCUT2D eigenvalue weighted by atomic mass is 10.0. The van der Waals surface area contributed by atoms with Crippen LogP contribution in [0.3, 0.4) is 0 Å². The minimum absolute atomic E-state index is 0.00564. The molecule has 3 rings (SSSR count). The molecule has 4 nitrogen and oxygen atoms in total. The minimum Gasteiger partial charge on any atom is -0.350 e. The van der Waals surface area contributed by atoms with Crippen LogP contribution in [0.1, 0.15) is 24.1 Å². The third kappa shape index (κ3) is 5.52. The van der Waals surface area contributed by atoms with E-state index in [0.29, 0.717) is 6.54 Å². The fourth-order valence-electron chi connectivity index (χ4n) is 3.46. The van der Waals surface area contributed by atoms with Crippen molar-refractivity contribution in [3.8, 4) is 0 Å². The van der Waals surface area contributed by atoms with E-state index in [2.05, 4.69) is 46.4 Å². The molecule has 1 fully saturated rings. The maximum Gasteiger partial charge on any atom is 0.247 e. The van der Waals surface area contributed by atoms with Gasteiger partial charge in [-0.05, 0) is 31.2 Å². The SMILES string of the molecule is C/C(=C\c1ccccc1)C(=O)NCC(c1ccccc1)N1CCN(C)CC1. The molecule has 1 saturated heterocycles. The second-order valence-electron chi connectivity index (χ2n) is 7.21. The zero-order chi connectivity index (χ0) is 19.1. The van der Waals surface area contributed by atoms with Crippen LogP contribution < -0.4 is 5.32 Å². The number of piperazine rings is 1. The third-order valence-electron chi connectivity index (χ3n) is 5.16. The van der Waals surface area contributed by atoms with Crippen molar-refractivity contribution in [2.75, 3.05) is 39.8 Å². The first-order valence-electron chi connectivity index (χ1n) is 9.62. The van der Waals surface area contributed by atoms with Gasteiger partial charge in [0.05, 0.1) is 6.04 Å². The minimum atomic E-state index is -0.00564. The molecule has 0 bridgehead atoms. The van der Waals surface area contributed by atoms with Crippen molar-refractivity contribution in [2.24, 2.45) is 0 Å². The highest BCUT2D eigenvalue weighted by Crippen LogP contribution is 2.21. The lowest BCUT2D eigenvalue weighted by Crippen LogP contribution is -2.48. The van der Waals surface area contributed by atoms with Crippen molar-refractivity contribution in [3.63, 3.8) is 0 Å². The molecule has 0 saturated carbocycles. The lowest BCUT2D eigenvalue weighted by molar-refractivity contribution is -0.117. The zero-order valence-corrected chi connectivity index (χ0v) is 16.3. The van der Waals surface area contributed by atoms with E-state index < -0.39 is 0 Å². The summed E-state index contributed by atoms with van der Waals surface area (Å²) in [7, 11) is 2.16. The quantitative estimate of drug-likeness (QED) is 0.801. The second-order valence-corrected chi connectivity index (χ2v) is 7.21. The molecule has 1 N–H and O–H groups in total. The van der Waals surface area contributed by atoms with E-state index in [-0.39, 0.29) is 11.9 Å². The molecular formula is C23H29N3O. The first-order chi connectivity index (χ1) is 13.1. The molecular weight excluding hydrogens is 334 g/mol. The van der Waals surface area contributed by atoms with Gasteiger partial charge in [0.1, 0.15) is 0 Å². The molecule has 1 atom stereocenters. The van der Waals surface area contributed by atoms with E-state index in [0.717, 1.165) is 37.3 Å². The molecule has 2 aromatic rings. The van der Waals surface area contributed by atoms with Crippen molar-refractivity contribution in [1.29, 1.82) is 0 Å². The van der Waals surface area contributed by atoms with Crippen LogP contribution >= 0.6 is 0 Å². The summed E-state index contributed by atoms with van der Waals surface area (Å²) in [5, 5.41) is 3.15. The van der Waals surface area contributed by atoms with Crippen LogP contribution in [0.25, 0.3) is 6.08 Å². The Morgan fingerprint density at radius 3 is 2.22 bits per heavy atom. The van der Waals surface area contributed by atoms with E-state index in [4.69, 9.17) is 0 Å². The number of benzene rings is 2. The molecule has 1 aliphatic heterocycles. The van der Waals surface area contributed by atoms with Gasteiger partial charge in [-0.25, -0.2) is 0 Å². The van der Waals surface area contributed by atoms with E-state index in [1.165, 1.54) is 5.56 Å². The Bertz CT molecular complexity index is 750. The Morgan fingerprint density at radius 1 is 1.00 bits per heavy atom. The standard InChI is InChI=1S/C23H29N3O/c1-19(17-20-9-5-3-6-10-20)23(27)24-18-22(21-11-7-4-8-12-21)26-15-13-25(2)14-16-26/h3-12,17,22H,13-16,18H2,1-2H3,(H,24,27)/b19-17+. The number of rotatable bonds is 6. The van der Waals surface area contributed by atoms with Gasteiger partial charge in [0.25, 0.3) is 0 Å². The Morgan fingerprint density at radius 2 is 1.59 bits per heavy atom. The molecule has 142 valence electrons. The fraction of sp³-hybridized carbons (Fsp3) is 0.348. The third-order valence-corrected chi connectivity index (χ3v) is 5.16. The number of carbonyl (C=O) groups excluding carboxylic acids is 1. The molecule has 0 aromatic heterocycles. The molecule has 0 radical (unpaired) electrons. The average Bonchev–Trinajstić information content (AvgIpc) is 2.71. The van der Waals surface area contributed by atoms with Gasteiger partial charge in [0.15, 0.2) is 0 Å². The van der Waals surface area contributed by atoms with Crippen LogP contribution in [-0.2, 0) is 4.79 Å². The van der Waals surface area contributed by atoms with Gasteiger partial charge in [0, 0.05) is 38.3 Å². The smallest absolute Gasteiger partial charge is 0.247 e. The van der Waals surface area contributed by atoms with Gasteiger partial charge in [-0.1, -0.05) is 60.7 Å². The first-order valence-corrected chi connectivity index (χ1v) is 9.62. The number of amides is 1. The van der Waals surface area contributed by atoms with Crippen molar-refractivity contribution in [1.82, 2.24) is 15.1 Å². The maximum absolute atomic E-state index is 12.6. The van der Waals surface area contributed by atoms with E-state index in [1.807, 2.05) is 49.4 Å². The molecule has 1 unspecified atom stereocenters. The van der Waals surface area contributed by atoms with Crippen molar-refractivity contribution in [3.05, 3.63) is 77.4 Å². The molecule has 0 spiro atoms. The largest absolute Gasteiger partial charge is 0.350 e. The Balaban J connectivity index is 1.67. The zero-order valence-electron chi connectivity index (χ0n) is 16.3. The molecule has 27 heavy (non-hydrogen) atoms. The predicted molar refractivity (Wildman–Crippen MR) is 111 cm³/mol. The van der Waals surface area contributed by atoms with Gasteiger partial charge < -0.3 is 10.2 Å². The highest BCUT2D eigenvalue weighted by Gasteiger charge is 2.24. The van der Waals surface area contributed by atoms with Gasteiger partial charge in [-0.2, -0.15) is 0 Å². The number of nitrogens with zero attached hydrogens (tertiary/aromatic N) is 2. The van der Waals surface area contributed by atoms with Gasteiger partial charge in [-0.15, -0.1) is 0 Å². The van der Waals surface area contributed by atoms with Crippen LogP contribution in [0.4, 0.5) is 0 Å². The van der Waals surface area contributed by atoms with Crippen LogP contribution in [0.2, 0.25) is 0 Å². The Kier molecular flexibility index (Phi) is 6.80. The van der Waals surface area contributed by atoms with Gasteiger partial charge in [-0.3, -0.25) is 9.69 Å². The van der Waals surface area contributed by atoms with E-state index >= 15 is 0 Å². The summed E-state index contributed by atoms with van der Waals surface area (Å²) in [5.41, 5.74) is 3.03. The summed E-state index contributed by atoms with van der Waals surface area (Å²) >= 11 is 0. The second kappa shape index (κ2) is 9.49. The topological polar surface area (TPSA) is 35.6 Å². The van der Waals surface area contributed by atoms with Gasteiger partial charge >= 0.3 is 0 Å². The Hall–Kier alpha value is -2.43. The monoisotopic (exact) mass is 363 g/mol. The highest BCUT2D eigenvalue weighted by molar-refractivity contribution is 5.97. The average molecular weight is 364 g/mol. The van der Waals surface area contributed by atoms with Crippen molar-refractivity contribution >= 4 is 12.0 Å². The summed E-state index contributed by atoms with van der Waals surface area (Å²) in [6, 6.07) is 20.6. The van der Waals surface area contributed by atoms with E-state index in [1.54, 1.807) is 0 Å². The lowest BCUT2D eigenvalue weighted by Gasteiger charge is -2.38. The maximum atomic E-state index is 12.6. The summed E-state index contributed by atoms with van der Waals surface area (Å²) in [6.45, 7) is 6.65. The van der Waals surface area contributed by atoms with Crippen LogP contribution in [0.5, 0.6) is 0 Å². The summed E-state index contributed by atoms with van der Waals surface area (Å²) < 4.78 is 0. The molecule has 1 heterocycles. The van der Waals surface area contributed by atoms with Crippen molar-refractivity contribution in [2.45, 2.75) is 13.0 Å². The predicted octanol–water partition coefficient (Wildman–Crippen LogP) is 3.19. The molecule has 1 amide bonds. The summed E-state index contributed by atoms with van der Waals surface area (Å²) in [6.07, 6.45) is 1.93. The van der Waals surface area contributed by atoms with Crippen LogP contribution in [0.15, 0.2) is 66.2 Å². The highest BCUT2D eigenvalue weighted by atomic mass is 16.1. The molecule has 1 aliphatic rings. The Labute approximate surface area is 162 Å². The number of nitrogens with one attached hydrogen (secondary N) is 1. The first kappa shape index (κ1) is 19.3. The van der Waals surface area contributed by atoms with Crippen LogP contribution in [-0.4, -0.2) is 55.5 Å². The molecule has 0 aliphatic carbocycles. The van der Waals surface area contributed by atoms with Crippen LogP contribution in [0, 0.1) is 0 Å². The van der Waals surface area contributed by atoms with E-state index in [9.17, 15) is 4.79 Å². The molecule has 4 heteroatoms. The van der Waals surface area contributed by atoms with Gasteiger partial charge in [0.2, 0.25) is 5.91 Å². The summed E-state index contributed by atoms with van der Waals surface area (Å²) in [5.74, 6) is -0.00564. The normalized spacial score (nSPS) is 17.5. The number of carbonyl (C=O) groups is 1.